The van der Waals surface area contributed by atoms with Crippen LogP contribution >= 0.6 is 0 Å². The molecule has 0 spiro atoms. The average molecular weight is 476 g/mol. The van der Waals surface area contributed by atoms with E-state index in [1.54, 1.807) is 24.9 Å². The molecule has 35 heavy (non-hydrogen) atoms. The van der Waals surface area contributed by atoms with Crippen LogP contribution < -0.4 is 5.32 Å². The molecule has 0 saturated carbocycles. The number of hydrogen-bond donors (Lipinski definition) is 1. The van der Waals surface area contributed by atoms with Gasteiger partial charge in [-0.3, -0.25) is 4.68 Å². The summed E-state index contributed by atoms with van der Waals surface area (Å²) in [6.45, 7) is 4.13. The van der Waals surface area contributed by atoms with Gasteiger partial charge < -0.3 is 19.5 Å². The minimum atomic E-state index is -0.667. The summed E-state index contributed by atoms with van der Waals surface area (Å²) < 4.78 is 18.0. The van der Waals surface area contributed by atoms with Crippen LogP contribution in [0, 0.1) is 0 Å². The smallest absolute Gasteiger partial charge is 0.337 e. The first-order chi connectivity index (χ1) is 16.9. The van der Waals surface area contributed by atoms with Crippen molar-refractivity contribution >= 4 is 22.8 Å². The maximum absolute atomic E-state index is 13.4. The second kappa shape index (κ2) is 10.6. The first-order valence-corrected chi connectivity index (χ1v) is 11.4. The van der Waals surface area contributed by atoms with Crippen LogP contribution in [0.4, 0.5) is 0 Å². The molecular weight excluding hydrogens is 446 g/mol. The van der Waals surface area contributed by atoms with E-state index >= 15 is 0 Å². The summed E-state index contributed by atoms with van der Waals surface area (Å²) in [5, 5.41) is 8.40. The number of nitrogens with one attached hydrogen (secondary N) is 1. The molecule has 1 aromatic heterocycles. The molecule has 0 fully saturated rings. The van der Waals surface area contributed by atoms with E-state index in [1.165, 1.54) is 0 Å². The quantitative estimate of drug-likeness (QED) is 0.392. The Morgan fingerprint density at radius 2 is 1.66 bits per heavy atom. The highest BCUT2D eigenvalue weighted by molar-refractivity contribution is 6.00. The Morgan fingerprint density at radius 1 is 0.971 bits per heavy atom. The van der Waals surface area contributed by atoms with Crippen LogP contribution in [0.5, 0.6) is 0 Å². The first-order valence-electron chi connectivity index (χ1n) is 11.4. The number of ether oxygens (including phenoxy) is 3. The Morgan fingerprint density at radius 3 is 2.34 bits per heavy atom. The molecule has 0 amide bonds. The van der Waals surface area contributed by atoms with Crippen molar-refractivity contribution in [1.82, 2.24) is 15.1 Å². The van der Waals surface area contributed by atoms with Crippen molar-refractivity contribution in [2.75, 3.05) is 20.3 Å². The number of dihydropyridines is 1. The van der Waals surface area contributed by atoms with E-state index in [-0.39, 0.29) is 19.8 Å². The maximum Gasteiger partial charge on any atom is 0.337 e. The second-order valence-electron chi connectivity index (χ2n) is 8.41. The van der Waals surface area contributed by atoms with E-state index in [0.717, 1.165) is 22.0 Å². The molecule has 182 valence electrons. The Hall–Kier alpha value is -3.91. The van der Waals surface area contributed by atoms with Crippen LogP contribution in [0.3, 0.4) is 0 Å². The number of carbonyl (C=O) groups excluding carboxylic acids is 2. The Kier molecular flexibility index (Phi) is 7.31. The van der Waals surface area contributed by atoms with Crippen molar-refractivity contribution in [2.45, 2.75) is 26.4 Å². The lowest BCUT2D eigenvalue weighted by atomic mass is 9.80. The van der Waals surface area contributed by atoms with Crippen molar-refractivity contribution in [2.24, 2.45) is 7.05 Å². The molecule has 0 aliphatic carbocycles. The largest absolute Gasteiger partial charge is 0.460 e. The summed E-state index contributed by atoms with van der Waals surface area (Å²) in [6.07, 6.45) is 1.76. The number of allylic oxidation sites excluding steroid dienone is 2. The lowest BCUT2D eigenvalue weighted by Crippen LogP contribution is -2.32. The van der Waals surface area contributed by atoms with Crippen molar-refractivity contribution < 1.29 is 23.8 Å². The minimum absolute atomic E-state index is 0.108. The zero-order valence-corrected chi connectivity index (χ0v) is 20.3. The van der Waals surface area contributed by atoms with Gasteiger partial charge >= 0.3 is 11.9 Å². The fraction of sp³-hybridized carbons (Fsp3) is 0.296. The third-order valence-corrected chi connectivity index (χ3v) is 6.04. The molecule has 8 nitrogen and oxygen atoms in total. The molecule has 3 aromatic rings. The number of hydrogen-bond acceptors (Lipinski definition) is 7. The standard InChI is InChI=1S/C27H29N3O5/c1-17-23(26(31)34-13-12-33-4)25(20-10-11-22-21(14-20)15-28-30(22)3)24(18(2)29-17)27(32)35-16-19-8-6-5-7-9-19/h5-11,14-15,25,29H,12-13,16H2,1-4H3. The van der Waals surface area contributed by atoms with Crippen LogP contribution in [0.25, 0.3) is 10.9 Å². The topological polar surface area (TPSA) is 91.7 Å². The van der Waals surface area contributed by atoms with Gasteiger partial charge in [0.25, 0.3) is 0 Å². The van der Waals surface area contributed by atoms with E-state index in [0.29, 0.717) is 22.5 Å². The Bertz CT molecular complexity index is 1310. The molecule has 1 aliphatic rings. The lowest BCUT2D eigenvalue weighted by molar-refractivity contribution is -0.141. The highest BCUT2D eigenvalue weighted by Gasteiger charge is 2.38. The SMILES string of the molecule is COCCOC(=O)C1=C(C)NC(C)=C(C(=O)OCc2ccccc2)C1c1ccc2c(cnn2C)c1. The van der Waals surface area contributed by atoms with Crippen LogP contribution in [0.2, 0.25) is 0 Å². The number of methoxy groups -OCH3 is 1. The molecule has 1 unspecified atom stereocenters. The maximum atomic E-state index is 13.4. The third kappa shape index (κ3) is 5.12. The fourth-order valence-electron chi connectivity index (χ4n) is 4.33. The number of nitrogens with zero attached hydrogens (tertiary/aromatic N) is 2. The number of esters is 2. The van der Waals surface area contributed by atoms with Gasteiger partial charge in [0.15, 0.2) is 0 Å². The Balaban J connectivity index is 1.73. The third-order valence-electron chi connectivity index (χ3n) is 6.04. The van der Waals surface area contributed by atoms with Crippen molar-refractivity contribution in [3.05, 3.63) is 88.4 Å². The summed E-state index contributed by atoms with van der Waals surface area (Å²) in [5.41, 5.74) is 4.58. The van der Waals surface area contributed by atoms with Gasteiger partial charge in [0.1, 0.15) is 13.2 Å². The van der Waals surface area contributed by atoms with Gasteiger partial charge in [-0.05, 0) is 37.1 Å². The zero-order chi connectivity index (χ0) is 24.9. The number of aromatic nitrogens is 2. The van der Waals surface area contributed by atoms with Gasteiger partial charge in [-0.25, -0.2) is 9.59 Å². The van der Waals surface area contributed by atoms with Crippen LogP contribution in [-0.2, 0) is 37.5 Å². The van der Waals surface area contributed by atoms with Crippen molar-refractivity contribution in [3.63, 3.8) is 0 Å². The number of rotatable bonds is 8. The van der Waals surface area contributed by atoms with Crippen molar-refractivity contribution in [3.8, 4) is 0 Å². The summed E-state index contributed by atoms with van der Waals surface area (Å²) in [4.78, 5) is 26.7. The molecule has 2 heterocycles. The molecular formula is C27H29N3O5. The number of aryl methyl sites for hydroxylation is 1. The van der Waals surface area contributed by atoms with E-state index in [9.17, 15) is 9.59 Å². The van der Waals surface area contributed by atoms with Gasteiger partial charge in [0, 0.05) is 30.9 Å². The average Bonchev–Trinajstić information content (AvgIpc) is 3.22. The van der Waals surface area contributed by atoms with Crippen LogP contribution in [0.1, 0.15) is 30.9 Å². The van der Waals surface area contributed by atoms with Gasteiger partial charge in [0.2, 0.25) is 0 Å². The predicted octanol–water partition coefficient (Wildman–Crippen LogP) is 3.74. The minimum Gasteiger partial charge on any atom is -0.460 e. The van der Waals surface area contributed by atoms with E-state index in [4.69, 9.17) is 14.2 Å². The predicted molar refractivity (Wildman–Crippen MR) is 131 cm³/mol. The van der Waals surface area contributed by atoms with E-state index < -0.39 is 17.9 Å². The van der Waals surface area contributed by atoms with Crippen molar-refractivity contribution in [1.29, 1.82) is 0 Å². The van der Waals surface area contributed by atoms with Gasteiger partial charge in [-0.15, -0.1) is 0 Å². The van der Waals surface area contributed by atoms with Gasteiger partial charge in [0.05, 0.1) is 35.4 Å². The first kappa shape index (κ1) is 24.2. The summed E-state index contributed by atoms with van der Waals surface area (Å²) in [6, 6.07) is 15.3. The number of fused-ring (bicyclic) bond motifs is 1. The Labute approximate surface area is 204 Å². The summed E-state index contributed by atoms with van der Waals surface area (Å²) in [7, 11) is 3.41. The molecule has 1 atom stereocenters. The molecule has 4 rings (SSSR count). The molecule has 0 radical (unpaired) electrons. The second-order valence-corrected chi connectivity index (χ2v) is 8.41. The molecule has 2 aromatic carbocycles. The number of benzene rings is 2. The highest BCUT2D eigenvalue weighted by atomic mass is 16.6. The van der Waals surface area contributed by atoms with Crippen LogP contribution in [-0.4, -0.2) is 42.0 Å². The summed E-state index contributed by atoms with van der Waals surface area (Å²) >= 11 is 0. The zero-order valence-electron chi connectivity index (χ0n) is 20.3. The monoisotopic (exact) mass is 475 g/mol. The summed E-state index contributed by atoms with van der Waals surface area (Å²) in [5.74, 6) is -1.67. The van der Waals surface area contributed by atoms with E-state index in [1.807, 2.05) is 62.5 Å². The van der Waals surface area contributed by atoms with Gasteiger partial charge in [-0.2, -0.15) is 5.10 Å². The normalized spacial score (nSPS) is 15.8. The fourth-order valence-corrected chi connectivity index (χ4v) is 4.33. The molecule has 8 heteroatoms. The lowest BCUT2D eigenvalue weighted by Gasteiger charge is -2.30. The van der Waals surface area contributed by atoms with E-state index in [2.05, 4.69) is 10.4 Å². The highest BCUT2D eigenvalue weighted by Crippen LogP contribution is 2.40. The number of carbonyl (C=O) groups is 2. The molecule has 0 bridgehead atoms. The molecule has 1 aliphatic heterocycles. The molecule has 1 N–H and O–H groups in total. The molecule has 0 saturated heterocycles. The van der Waals surface area contributed by atoms with Gasteiger partial charge in [-0.1, -0.05) is 36.4 Å². The van der Waals surface area contributed by atoms with Crippen LogP contribution in [0.15, 0.2) is 77.3 Å².